The van der Waals surface area contributed by atoms with Crippen molar-refractivity contribution in [3.8, 4) is 0 Å². The minimum Gasteiger partial charge on any atom is -0.480 e. The van der Waals surface area contributed by atoms with Crippen molar-refractivity contribution < 1.29 is 19.4 Å². The lowest BCUT2D eigenvalue weighted by molar-refractivity contribution is -0.145. The quantitative estimate of drug-likeness (QED) is 0.577. The van der Waals surface area contributed by atoms with E-state index in [1.165, 1.54) is 16.7 Å². The second-order valence-electron chi connectivity index (χ2n) is 3.81. The normalized spacial score (nSPS) is 10.4. The van der Waals surface area contributed by atoms with E-state index in [9.17, 15) is 9.59 Å². The summed E-state index contributed by atoms with van der Waals surface area (Å²) in [6, 6.07) is 0. The molecule has 1 heterocycles. The van der Waals surface area contributed by atoms with Crippen molar-refractivity contribution >= 4 is 11.9 Å². The maximum Gasteiger partial charge on any atom is 0.323 e. The number of nitrogens with zero attached hydrogens (tertiary/aromatic N) is 4. The molecule has 0 radical (unpaired) electrons. The molecule has 0 bridgehead atoms. The minimum absolute atomic E-state index is 0.0794. The van der Waals surface area contributed by atoms with Crippen molar-refractivity contribution in [3.05, 3.63) is 11.9 Å². The zero-order chi connectivity index (χ0) is 14.3. The number of nitrogens with two attached hydrogens (primary N) is 1. The molecule has 0 aliphatic rings. The standard InChI is InChI=1S/C10H17N5O4/c1-19-3-2-14(7-10(17)18)9(16)6-15-5-8(4-11)12-13-15/h5H,2-4,6-7,11H2,1H3,(H,17,18). The molecule has 0 saturated carbocycles. The molecule has 0 aliphatic heterocycles. The fraction of sp³-hybridized carbons (Fsp3) is 0.600. The smallest absolute Gasteiger partial charge is 0.323 e. The topological polar surface area (TPSA) is 124 Å². The summed E-state index contributed by atoms with van der Waals surface area (Å²) in [7, 11) is 1.48. The number of methoxy groups -OCH3 is 1. The van der Waals surface area contributed by atoms with Gasteiger partial charge in [0.25, 0.3) is 0 Å². The predicted molar refractivity (Wildman–Crippen MR) is 64.0 cm³/mol. The van der Waals surface area contributed by atoms with Crippen LogP contribution in [-0.2, 0) is 27.4 Å². The van der Waals surface area contributed by atoms with Crippen molar-refractivity contribution in [3.63, 3.8) is 0 Å². The number of aliphatic carboxylic acids is 1. The van der Waals surface area contributed by atoms with Crippen LogP contribution in [-0.4, -0.2) is 63.7 Å². The van der Waals surface area contributed by atoms with Crippen molar-refractivity contribution in [1.82, 2.24) is 19.9 Å². The molecular weight excluding hydrogens is 254 g/mol. The van der Waals surface area contributed by atoms with Crippen LogP contribution in [0.15, 0.2) is 6.20 Å². The molecule has 19 heavy (non-hydrogen) atoms. The number of aromatic nitrogens is 3. The van der Waals surface area contributed by atoms with E-state index in [0.717, 1.165) is 0 Å². The van der Waals surface area contributed by atoms with E-state index in [-0.39, 0.29) is 38.7 Å². The maximum atomic E-state index is 11.9. The Bertz CT molecular complexity index is 433. The maximum absolute atomic E-state index is 11.9. The highest BCUT2D eigenvalue weighted by Crippen LogP contribution is 1.96. The molecule has 9 nitrogen and oxygen atoms in total. The number of hydrogen-bond acceptors (Lipinski definition) is 6. The van der Waals surface area contributed by atoms with Crippen LogP contribution in [0.4, 0.5) is 0 Å². The first-order chi connectivity index (χ1) is 9.06. The molecule has 1 rings (SSSR count). The molecule has 9 heteroatoms. The van der Waals surface area contributed by atoms with Crippen LogP contribution in [0.3, 0.4) is 0 Å². The van der Waals surface area contributed by atoms with Crippen LogP contribution in [0, 0.1) is 0 Å². The number of hydrogen-bond donors (Lipinski definition) is 2. The van der Waals surface area contributed by atoms with Crippen molar-refractivity contribution in [2.45, 2.75) is 13.1 Å². The number of amides is 1. The number of carbonyl (C=O) groups is 2. The van der Waals surface area contributed by atoms with Gasteiger partial charge in [0.05, 0.1) is 18.5 Å². The monoisotopic (exact) mass is 271 g/mol. The third kappa shape index (κ3) is 5.02. The first-order valence-corrected chi connectivity index (χ1v) is 5.64. The third-order valence-electron chi connectivity index (χ3n) is 2.34. The number of carboxylic acids is 1. The van der Waals surface area contributed by atoms with Crippen molar-refractivity contribution in [1.29, 1.82) is 0 Å². The third-order valence-corrected chi connectivity index (χ3v) is 2.34. The molecular formula is C10H17N5O4. The summed E-state index contributed by atoms with van der Waals surface area (Å²) in [6.45, 7) is 0.256. The van der Waals surface area contributed by atoms with Gasteiger partial charge in [-0.2, -0.15) is 0 Å². The summed E-state index contributed by atoms with van der Waals surface area (Å²) in [6.07, 6.45) is 1.55. The van der Waals surface area contributed by atoms with E-state index in [4.69, 9.17) is 15.6 Å². The molecule has 1 aromatic rings. The number of carboxylic acid groups (broad SMARTS) is 1. The van der Waals surface area contributed by atoms with E-state index in [2.05, 4.69) is 10.3 Å². The lowest BCUT2D eigenvalue weighted by Gasteiger charge is -2.19. The summed E-state index contributed by atoms with van der Waals surface area (Å²) in [5, 5.41) is 16.2. The van der Waals surface area contributed by atoms with Crippen LogP contribution in [0.5, 0.6) is 0 Å². The second kappa shape index (κ2) is 7.44. The van der Waals surface area contributed by atoms with Gasteiger partial charge in [-0.05, 0) is 0 Å². The Morgan fingerprint density at radius 3 is 2.84 bits per heavy atom. The van der Waals surface area contributed by atoms with Crippen LogP contribution in [0.25, 0.3) is 0 Å². The fourth-order valence-corrected chi connectivity index (χ4v) is 1.40. The van der Waals surface area contributed by atoms with Crippen LogP contribution in [0.2, 0.25) is 0 Å². The first kappa shape index (κ1) is 15.1. The molecule has 3 N–H and O–H groups in total. The number of carbonyl (C=O) groups excluding carboxylic acids is 1. The van der Waals surface area contributed by atoms with Crippen LogP contribution < -0.4 is 5.73 Å². The zero-order valence-electron chi connectivity index (χ0n) is 10.7. The van der Waals surface area contributed by atoms with Gasteiger partial charge in [-0.3, -0.25) is 9.59 Å². The summed E-state index contributed by atoms with van der Waals surface area (Å²) in [5.74, 6) is -1.45. The molecule has 0 atom stereocenters. The van der Waals surface area contributed by atoms with Crippen molar-refractivity contribution in [2.75, 3.05) is 26.8 Å². The van der Waals surface area contributed by atoms with Gasteiger partial charge in [-0.25, -0.2) is 4.68 Å². The number of ether oxygens (including phenoxy) is 1. The molecule has 1 aromatic heterocycles. The molecule has 0 aliphatic carbocycles. The predicted octanol–water partition coefficient (Wildman–Crippen LogP) is -1.70. The van der Waals surface area contributed by atoms with Crippen molar-refractivity contribution in [2.24, 2.45) is 5.73 Å². The average Bonchev–Trinajstić information content (AvgIpc) is 2.81. The molecule has 0 saturated heterocycles. The van der Waals surface area contributed by atoms with Gasteiger partial charge in [0.1, 0.15) is 13.1 Å². The van der Waals surface area contributed by atoms with E-state index in [1.807, 2.05) is 0 Å². The molecule has 0 unspecified atom stereocenters. The Hall–Kier alpha value is -2.00. The number of rotatable bonds is 8. The van der Waals surface area contributed by atoms with E-state index in [0.29, 0.717) is 5.69 Å². The van der Waals surface area contributed by atoms with E-state index >= 15 is 0 Å². The molecule has 0 fully saturated rings. The Balaban J connectivity index is 2.61. The van der Waals surface area contributed by atoms with Gasteiger partial charge in [-0.15, -0.1) is 5.10 Å². The zero-order valence-corrected chi connectivity index (χ0v) is 10.7. The van der Waals surface area contributed by atoms with Crippen LogP contribution in [0.1, 0.15) is 5.69 Å². The highest BCUT2D eigenvalue weighted by molar-refractivity contribution is 5.81. The first-order valence-electron chi connectivity index (χ1n) is 5.64. The Morgan fingerprint density at radius 2 is 2.32 bits per heavy atom. The fourth-order valence-electron chi connectivity index (χ4n) is 1.40. The van der Waals surface area contributed by atoms with Gasteiger partial charge < -0.3 is 20.5 Å². The van der Waals surface area contributed by atoms with E-state index in [1.54, 1.807) is 6.20 Å². The summed E-state index contributed by atoms with van der Waals surface area (Å²) < 4.78 is 6.16. The lowest BCUT2D eigenvalue weighted by atomic mass is 10.4. The summed E-state index contributed by atoms with van der Waals surface area (Å²) in [5.41, 5.74) is 5.94. The van der Waals surface area contributed by atoms with Crippen LogP contribution >= 0.6 is 0 Å². The highest BCUT2D eigenvalue weighted by Gasteiger charge is 2.17. The van der Waals surface area contributed by atoms with Gasteiger partial charge in [0.2, 0.25) is 5.91 Å². The Labute approximate surface area is 109 Å². The van der Waals surface area contributed by atoms with Gasteiger partial charge in [0, 0.05) is 20.2 Å². The molecule has 0 spiro atoms. The highest BCUT2D eigenvalue weighted by atomic mass is 16.5. The van der Waals surface area contributed by atoms with Gasteiger partial charge in [0.15, 0.2) is 0 Å². The van der Waals surface area contributed by atoms with Gasteiger partial charge >= 0.3 is 5.97 Å². The second-order valence-corrected chi connectivity index (χ2v) is 3.81. The molecule has 106 valence electrons. The van der Waals surface area contributed by atoms with Gasteiger partial charge in [-0.1, -0.05) is 5.21 Å². The summed E-state index contributed by atoms with van der Waals surface area (Å²) in [4.78, 5) is 23.8. The minimum atomic E-state index is -1.08. The summed E-state index contributed by atoms with van der Waals surface area (Å²) >= 11 is 0. The SMILES string of the molecule is COCCN(CC(=O)O)C(=O)Cn1cc(CN)nn1. The average molecular weight is 271 g/mol. The molecule has 1 amide bonds. The molecule has 0 aromatic carbocycles. The van der Waals surface area contributed by atoms with E-state index < -0.39 is 5.97 Å². The Kier molecular flexibility index (Phi) is 5.90. The largest absolute Gasteiger partial charge is 0.480 e. The lowest BCUT2D eigenvalue weighted by Crippen LogP contribution is -2.40. The Morgan fingerprint density at radius 1 is 1.58 bits per heavy atom.